The van der Waals surface area contributed by atoms with Gasteiger partial charge in [0.15, 0.2) is 11.5 Å². The molecule has 0 amide bonds. The third-order valence-electron chi connectivity index (χ3n) is 5.17. The van der Waals surface area contributed by atoms with Crippen LogP contribution in [0.25, 0.3) is 0 Å². The minimum absolute atomic E-state index is 0.0627. The van der Waals surface area contributed by atoms with Crippen molar-refractivity contribution in [3.63, 3.8) is 0 Å². The second-order valence-corrected chi connectivity index (χ2v) is 6.13. The molecular formula is C19H16O3. The van der Waals surface area contributed by atoms with Gasteiger partial charge in [0.2, 0.25) is 6.79 Å². The lowest BCUT2D eigenvalue weighted by molar-refractivity contribution is 0.174. The van der Waals surface area contributed by atoms with Gasteiger partial charge in [0, 0.05) is 17.3 Å². The van der Waals surface area contributed by atoms with E-state index in [1.54, 1.807) is 0 Å². The molecular weight excluding hydrogens is 276 g/mol. The zero-order valence-corrected chi connectivity index (χ0v) is 12.1. The van der Waals surface area contributed by atoms with Crippen molar-refractivity contribution in [1.82, 2.24) is 0 Å². The molecule has 2 aromatic rings. The van der Waals surface area contributed by atoms with Crippen LogP contribution >= 0.6 is 0 Å². The van der Waals surface area contributed by atoms with Crippen molar-refractivity contribution in [1.29, 1.82) is 0 Å². The largest absolute Gasteiger partial charge is 0.501 e. The second-order valence-electron chi connectivity index (χ2n) is 6.13. The van der Waals surface area contributed by atoms with Gasteiger partial charge < -0.3 is 14.2 Å². The maximum Gasteiger partial charge on any atom is 0.231 e. The van der Waals surface area contributed by atoms with Crippen molar-refractivity contribution >= 4 is 0 Å². The summed E-state index contributed by atoms with van der Waals surface area (Å²) in [5.41, 5.74) is 2.73. The van der Waals surface area contributed by atoms with Crippen LogP contribution in [0.1, 0.15) is 17.0 Å². The zero-order valence-electron chi connectivity index (χ0n) is 12.1. The normalized spacial score (nSPS) is 30.5. The van der Waals surface area contributed by atoms with Gasteiger partial charge in [0.05, 0.1) is 12.9 Å². The van der Waals surface area contributed by atoms with E-state index in [4.69, 9.17) is 14.2 Å². The van der Waals surface area contributed by atoms with Crippen LogP contribution < -0.4 is 9.47 Å². The molecule has 1 aliphatic carbocycles. The van der Waals surface area contributed by atoms with Gasteiger partial charge in [-0.3, -0.25) is 0 Å². The molecule has 2 aliphatic heterocycles. The molecule has 5 rings (SSSR count). The average molecular weight is 292 g/mol. The number of ether oxygens (including phenoxy) is 3. The van der Waals surface area contributed by atoms with E-state index >= 15 is 0 Å². The van der Waals surface area contributed by atoms with Gasteiger partial charge in [-0.2, -0.15) is 0 Å². The van der Waals surface area contributed by atoms with Crippen LogP contribution in [0, 0.1) is 5.92 Å². The highest BCUT2D eigenvalue weighted by molar-refractivity contribution is 5.55. The van der Waals surface area contributed by atoms with Crippen molar-refractivity contribution in [2.45, 2.75) is 11.3 Å². The third kappa shape index (κ3) is 1.51. The molecule has 3 aliphatic rings. The molecule has 0 spiro atoms. The molecule has 2 heterocycles. The van der Waals surface area contributed by atoms with E-state index in [2.05, 4.69) is 48.5 Å². The van der Waals surface area contributed by atoms with Crippen molar-refractivity contribution < 1.29 is 14.2 Å². The molecule has 22 heavy (non-hydrogen) atoms. The maximum atomic E-state index is 5.58. The monoisotopic (exact) mass is 292 g/mol. The number of allylic oxidation sites excluding steroid dienone is 1. The Kier molecular flexibility index (Phi) is 2.37. The first-order valence-corrected chi connectivity index (χ1v) is 7.64. The van der Waals surface area contributed by atoms with E-state index in [0.717, 1.165) is 18.1 Å². The highest BCUT2D eigenvalue weighted by atomic mass is 16.7. The first kappa shape index (κ1) is 12.2. The average Bonchev–Trinajstić information content (AvgIpc) is 3.05. The van der Waals surface area contributed by atoms with Crippen LogP contribution in [-0.2, 0) is 10.2 Å². The Hall–Kier alpha value is -2.42. The van der Waals surface area contributed by atoms with Crippen molar-refractivity contribution in [3.8, 4) is 11.5 Å². The number of rotatable bonds is 2. The molecule has 1 fully saturated rings. The Morgan fingerprint density at radius 3 is 2.73 bits per heavy atom. The van der Waals surface area contributed by atoms with Gasteiger partial charge in [0.1, 0.15) is 0 Å². The van der Waals surface area contributed by atoms with E-state index < -0.39 is 0 Å². The number of fused-ring (bicyclic) bond motifs is 2. The predicted molar refractivity (Wildman–Crippen MR) is 82.0 cm³/mol. The second kappa shape index (κ2) is 4.29. The lowest BCUT2D eigenvalue weighted by atomic mass is 9.89. The molecule has 0 unspecified atom stereocenters. The minimum Gasteiger partial charge on any atom is -0.501 e. The highest BCUT2D eigenvalue weighted by Crippen LogP contribution is 2.68. The summed E-state index contributed by atoms with van der Waals surface area (Å²) in [4.78, 5) is 0. The molecule has 2 aromatic carbocycles. The smallest absolute Gasteiger partial charge is 0.231 e. The molecule has 0 bridgehead atoms. The Morgan fingerprint density at radius 2 is 1.82 bits per heavy atom. The lowest BCUT2D eigenvalue weighted by Crippen LogP contribution is -2.13. The minimum atomic E-state index is 0.0627. The quantitative estimate of drug-likeness (QED) is 0.846. The van der Waals surface area contributed by atoms with Crippen molar-refractivity contribution in [2.24, 2.45) is 5.92 Å². The number of hydrogen-bond donors (Lipinski definition) is 0. The van der Waals surface area contributed by atoms with Crippen molar-refractivity contribution in [3.05, 3.63) is 72.0 Å². The van der Waals surface area contributed by atoms with E-state index in [-0.39, 0.29) is 5.41 Å². The van der Waals surface area contributed by atoms with Gasteiger partial charge in [0.25, 0.3) is 0 Å². The summed E-state index contributed by atoms with van der Waals surface area (Å²) in [6, 6.07) is 17.0. The fourth-order valence-electron chi connectivity index (χ4n) is 4.09. The summed E-state index contributed by atoms with van der Waals surface area (Å²) in [5.74, 6) is 2.62. The predicted octanol–water partition coefficient (Wildman–Crippen LogP) is 3.61. The number of hydrogen-bond acceptors (Lipinski definition) is 3. The molecule has 0 N–H and O–H groups in total. The van der Waals surface area contributed by atoms with Gasteiger partial charge >= 0.3 is 0 Å². The van der Waals surface area contributed by atoms with Gasteiger partial charge in [-0.25, -0.2) is 0 Å². The summed E-state index contributed by atoms with van der Waals surface area (Å²) >= 11 is 0. The zero-order chi connectivity index (χ0) is 14.6. The molecule has 0 radical (unpaired) electrons. The summed E-state index contributed by atoms with van der Waals surface area (Å²) in [7, 11) is 0. The fraction of sp³-hybridized carbons (Fsp3) is 0.263. The topological polar surface area (TPSA) is 27.7 Å². The Labute approximate surface area is 129 Å². The third-order valence-corrected chi connectivity index (χ3v) is 5.17. The molecule has 3 nitrogen and oxygen atoms in total. The van der Waals surface area contributed by atoms with Gasteiger partial charge in [-0.05, 0) is 29.3 Å². The van der Waals surface area contributed by atoms with Crippen LogP contribution in [0.4, 0.5) is 0 Å². The van der Waals surface area contributed by atoms with Crippen LogP contribution in [0.5, 0.6) is 11.5 Å². The molecule has 3 atom stereocenters. The molecule has 0 aromatic heterocycles. The summed E-state index contributed by atoms with van der Waals surface area (Å²) in [6.45, 7) is 1.09. The summed E-state index contributed by atoms with van der Waals surface area (Å²) in [6.07, 6.45) is 4.09. The standard InChI is InChI=1S/C19H16O3/c1-2-4-14(5-3-1)19-8-9-20-11-15(19)18(19)13-6-7-16-17(10-13)22-12-21-16/h1-10,15,18H,11-12H2/t15-,18-,19+/m0/s1. The Morgan fingerprint density at radius 1 is 0.955 bits per heavy atom. The molecule has 110 valence electrons. The van der Waals surface area contributed by atoms with Crippen LogP contribution in [0.3, 0.4) is 0 Å². The van der Waals surface area contributed by atoms with Crippen LogP contribution in [0.2, 0.25) is 0 Å². The van der Waals surface area contributed by atoms with Gasteiger partial charge in [-0.15, -0.1) is 0 Å². The Balaban J connectivity index is 1.60. The molecule has 3 heteroatoms. The maximum absolute atomic E-state index is 5.58. The highest BCUT2D eigenvalue weighted by Gasteiger charge is 2.65. The van der Waals surface area contributed by atoms with Crippen molar-refractivity contribution in [2.75, 3.05) is 13.4 Å². The van der Waals surface area contributed by atoms with Crippen LogP contribution in [0.15, 0.2) is 60.9 Å². The van der Waals surface area contributed by atoms with E-state index in [1.807, 2.05) is 12.3 Å². The fourth-order valence-corrected chi connectivity index (χ4v) is 4.09. The lowest BCUT2D eigenvalue weighted by Gasteiger charge is -2.18. The first-order valence-electron chi connectivity index (χ1n) is 7.64. The van der Waals surface area contributed by atoms with E-state index in [1.165, 1.54) is 11.1 Å². The SMILES string of the molecule is C1=C[C@@]2(c3ccccc3)[C@@H](CO1)[C@@H]2c1ccc2c(c1)OCO2. The molecule has 0 saturated heterocycles. The van der Waals surface area contributed by atoms with E-state index in [9.17, 15) is 0 Å². The molecule has 1 saturated carbocycles. The number of benzene rings is 2. The Bertz CT molecular complexity index is 753. The first-order chi connectivity index (χ1) is 10.9. The van der Waals surface area contributed by atoms with E-state index in [0.29, 0.717) is 18.6 Å². The summed E-state index contributed by atoms with van der Waals surface area (Å²) in [5, 5.41) is 0. The van der Waals surface area contributed by atoms with Crippen LogP contribution in [-0.4, -0.2) is 13.4 Å². The van der Waals surface area contributed by atoms with Gasteiger partial charge in [-0.1, -0.05) is 36.4 Å². The summed E-state index contributed by atoms with van der Waals surface area (Å²) < 4.78 is 16.5.